The van der Waals surface area contributed by atoms with E-state index in [0.717, 1.165) is 42.2 Å². The van der Waals surface area contributed by atoms with E-state index in [2.05, 4.69) is 12.2 Å². The average Bonchev–Trinajstić information content (AvgIpc) is 2.89. The van der Waals surface area contributed by atoms with Crippen LogP contribution in [-0.2, 0) is 6.54 Å². The molecule has 4 nitrogen and oxygen atoms in total. The van der Waals surface area contributed by atoms with E-state index < -0.39 is 0 Å². The van der Waals surface area contributed by atoms with E-state index in [0.29, 0.717) is 0 Å². The second kappa shape index (κ2) is 4.69. The summed E-state index contributed by atoms with van der Waals surface area (Å²) in [6.45, 7) is 4.52. The van der Waals surface area contributed by atoms with Crippen molar-refractivity contribution in [3.8, 4) is 17.2 Å². The third kappa shape index (κ3) is 2.25. The molecule has 1 aromatic rings. The van der Waals surface area contributed by atoms with E-state index in [1.165, 1.54) is 12.0 Å². The Balaban J connectivity index is 1.64. The minimum atomic E-state index is 0.280. The van der Waals surface area contributed by atoms with Crippen LogP contribution in [0.4, 0.5) is 0 Å². The minimum absolute atomic E-state index is 0.280. The molecule has 1 N–H and O–H groups in total. The number of nitrogens with one attached hydrogen (secondary N) is 1. The fourth-order valence-electron chi connectivity index (χ4n) is 2.37. The molecule has 2 atom stereocenters. The Kier molecular flexibility index (Phi) is 3.04. The first-order valence-electron chi connectivity index (χ1n) is 6.45. The first-order valence-corrected chi connectivity index (χ1v) is 6.45. The van der Waals surface area contributed by atoms with Crippen molar-refractivity contribution in [2.24, 2.45) is 11.8 Å². The Labute approximate surface area is 107 Å². The Morgan fingerprint density at radius 1 is 1.39 bits per heavy atom. The highest BCUT2D eigenvalue weighted by atomic mass is 16.7. The molecular formula is C14H19NO3. The summed E-state index contributed by atoms with van der Waals surface area (Å²) in [6.07, 6.45) is 1.36. The summed E-state index contributed by atoms with van der Waals surface area (Å²) in [5, 5.41) is 3.48. The zero-order valence-corrected chi connectivity index (χ0v) is 10.9. The van der Waals surface area contributed by atoms with Crippen LogP contribution in [0.15, 0.2) is 12.1 Å². The summed E-state index contributed by atoms with van der Waals surface area (Å²) in [4.78, 5) is 0. The third-order valence-electron chi connectivity index (χ3n) is 3.73. The van der Waals surface area contributed by atoms with Crippen LogP contribution in [0, 0.1) is 11.8 Å². The Bertz CT molecular complexity index is 447. The zero-order chi connectivity index (χ0) is 12.5. The smallest absolute Gasteiger partial charge is 0.231 e. The molecule has 1 aromatic carbocycles. The number of hydrogen-bond donors (Lipinski definition) is 1. The second-order valence-corrected chi connectivity index (χ2v) is 5.14. The Hall–Kier alpha value is -1.42. The lowest BCUT2D eigenvalue weighted by molar-refractivity contribution is 0.171. The predicted octanol–water partition coefficient (Wildman–Crippen LogP) is 2.17. The van der Waals surface area contributed by atoms with Crippen molar-refractivity contribution in [2.75, 3.05) is 20.4 Å². The molecule has 0 radical (unpaired) electrons. The minimum Gasteiger partial charge on any atom is -0.493 e. The van der Waals surface area contributed by atoms with Gasteiger partial charge in [0.05, 0.1) is 7.11 Å². The fraction of sp³-hybridized carbons (Fsp3) is 0.571. The lowest BCUT2D eigenvalue weighted by Crippen LogP contribution is -2.16. The molecular weight excluding hydrogens is 230 g/mol. The van der Waals surface area contributed by atoms with Crippen molar-refractivity contribution in [2.45, 2.75) is 19.9 Å². The van der Waals surface area contributed by atoms with E-state index in [-0.39, 0.29) is 6.79 Å². The van der Waals surface area contributed by atoms with Crippen LogP contribution in [0.5, 0.6) is 17.2 Å². The van der Waals surface area contributed by atoms with Crippen molar-refractivity contribution in [1.82, 2.24) is 5.32 Å². The predicted molar refractivity (Wildman–Crippen MR) is 68.1 cm³/mol. The molecule has 2 aliphatic rings. The molecule has 0 spiro atoms. The average molecular weight is 249 g/mol. The van der Waals surface area contributed by atoms with Crippen LogP contribution in [0.1, 0.15) is 18.9 Å². The highest BCUT2D eigenvalue weighted by molar-refractivity contribution is 5.55. The highest BCUT2D eigenvalue weighted by Gasteiger charge is 2.31. The normalized spacial score (nSPS) is 24.1. The summed E-state index contributed by atoms with van der Waals surface area (Å²) in [5.74, 6) is 4.01. The van der Waals surface area contributed by atoms with Crippen molar-refractivity contribution in [3.63, 3.8) is 0 Å². The number of benzene rings is 1. The maximum absolute atomic E-state index is 5.41. The van der Waals surface area contributed by atoms with Gasteiger partial charge in [-0.1, -0.05) is 6.92 Å². The number of hydrogen-bond acceptors (Lipinski definition) is 4. The van der Waals surface area contributed by atoms with Gasteiger partial charge in [0.2, 0.25) is 12.5 Å². The number of methoxy groups -OCH3 is 1. The SMILES string of the molecule is COc1cc(CNCC2CC2C)cc2c1OCO2. The monoisotopic (exact) mass is 249 g/mol. The maximum atomic E-state index is 5.41. The molecule has 0 aromatic heterocycles. The van der Waals surface area contributed by atoms with E-state index in [9.17, 15) is 0 Å². The molecule has 1 saturated carbocycles. The van der Waals surface area contributed by atoms with Crippen LogP contribution in [0.25, 0.3) is 0 Å². The van der Waals surface area contributed by atoms with E-state index >= 15 is 0 Å². The molecule has 0 amide bonds. The van der Waals surface area contributed by atoms with Gasteiger partial charge in [0.15, 0.2) is 11.5 Å². The summed E-state index contributed by atoms with van der Waals surface area (Å²) >= 11 is 0. The molecule has 3 rings (SSSR count). The van der Waals surface area contributed by atoms with E-state index in [1.807, 2.05) is 12.1 Å². The quantitative estimate of drug-likeness (QED) is 0.868. The lowest BCUT2D eigenvalue weighted by atomic mass is 10.2. The number of ether oxygens (including phenoxy) is 3. The van der Waals surface area contributed by atoms with Gasteiger partial charge in [-0.2, -0.15) is 0 Å². The lowest BCUT2D eigenvalue weighted by Gasteiger charge is -2.09. The Morgan fingerprint density at radius 3 is 2.94 bits per heavy atom. The van der Waals surface area contributed by atoms with Crippen LogP contribution in [-0.4, -0.2) is 20.4 Å². The van der Waals surface area contributed by atoms with Gasteiger partial charge in [-0.05, 0) is 42.5 Å². The number of fused-ring (bicyclic) bond motifs is 1. The van der Waals surface area contributed by atoms with E-state index in [4.69, 9.17) is 14.2 Å². The van der Waals surface area contributed by atoms with Crippen LogP contribution in [0.3, 0.4) is 0 Å². The molecule has 0 bridgehead atoms. The zero-order valence-electron chi connectivity index (χ0n) is 10.9. The molecule has 1 aliphatic carbocycles. The van der Waals surface area contributed by atoms with Gasteiger partial charge >= 0.3 is 0 Å². The van der Waals surface area contributed by atoms with Crippen molar-refractivity contribution >= 4 is 0 Å². The molecule has 0 saturated heterocycles. The van der Waals surface area contributed by atoms with Gasteiger partial charge in [-0.3, -0.25) is 0 Å². The molecule has 98 valence electrons. The van der Waals surface area contributed by atoms with Gasteiger partial charge < -0.3 is 19.5 Å². The largest absolute Gasteiger partial charge is 0.493 e. The third-order valence-corrected chi connectivity index (χ3v) is 3.73. The molecule has 1 fully saturated rings. The topological polar surface area (TPSA) is 39.7 Å². The highest BCUT2D eigenvalue weighted by Crippen LogP contribution is 2.42. The second-order valence-electron chi connectivity index (χ2n) is 5.14. The standard InChI is InChI=1S/C14H19NO3/c1-9-3-11(9)7-15-6-10-4-12(16-2)14-13(5-10)17-8-18-14/h4-5,9,11,15H,3,6-8H2,1-2H3. The van der Waals surface area contributed by atoms with Crippen molar-refractivity contribution in [1.29, 1.82) is 0 Å². The van der Waals surface area contributed by atoms with Crippen LogP contribution in [0.2, 0.25) is 0 Å². The van der Waals surface area contributed by atoms with Gasteiger partial charge in [0.25, 0.3) is 0 Å². The van der Waals surface area contributed by atoms with Gasteiger partial charge in [0.1, 0.15) is 0 Å². The van der Waals surface area contributed by atoms with Gasteiger partial charge in [-0.15, -0.1) is 0 Å². The van der Waals surface area contributed by atoms with Crippen LogP contribution >= 0.6 is 0 Å². The molecule has 4 heteroatoms. The number of rotatable bonds is 5. The summed E-state index contributed by atoms with van der Waals surface area (Å²) in [6, 6.07) is 4.03. The molecule has 18 heavy (non-hydrogen) atoms. The molecule has 1 heterocycles. The molecule has 1 aliphatic heterocycles. The van der Waals surface area contributed by atoms with Crippen LogP contribution < -0.4 is 19.5 Å². The first-order chi connectivity index (χ1) is 8.78. The maximum Gasteiger partial charge on any atom is 0.231 e. The fourth-order valence-corrected chi connectivity index (χ4v) is 2.37. The van der Waals surface area contributed by atoms with Gasteiger partial charge in [0, 0.05) is 6.54 Å². The van der Waals surface area contributed by atoms with Crippen molar-refractivity contribution < 1.29 is 14.2 Å². The van der Waals surface area contributed by atoms with E-state index in [1.54, 1.807) is 7.11 Å². The Morgan fingerprint density at radius 2 is 2.22 bits per heavy atom. The summed E-state index contributed by atoms with van der Waals surface area (Å²) < 4.78 is 16.1. The summed E-state index contributed by atoms with van der Waals surface area (Å²) in [7, 11) is 1.65. The molecule has 2 unspecified atom stereocenters. The van der Waals surface area contributed by atoms with Gasteiger partial charge in [-0.25, -0.2) is 0 Å². The van der Waals surface area contributed by atoms with Crippen molar-refractivity contribution in [3.05, 3.63) is 17.7 Å². The first kappa shape index (κ1) is 11.7. The summed E-state index contributed by atoms with van der Waals surface area (Å²) in [5.41, 5.74) is 1.17.